The highest BCUT2D eigenvalue weighted by molar-refractivity contribution is 7.89. The molecule has 1 fully saturated rings. The average Bonchev–Trinajstić information content (AvgIpc) is 3.46. The van der Waals surface area contributed by atoms with Crippen molar-refractivity contribution in [3.63, 3.8) is 0 Å². The van der Waals surface area contributed by atoms with Crippen LogP contribution in [0.5, 0.6) is 0 Å². The van der Waals surface area contributed by atoms with Crippen LogP contribution in [0.25, 0.3) is 0 Å². The number of Topliss-reactive ketones (excluding diaryl/α,β-unsaturated/α-hetero) is 1. The molecule has 47 heavy (non-hydrogen) atoms. The number of piperazine rings is 1. The van der Waals surface area contributed by atoms with E-state index in [1.807, 2.05) is 69.2 Å². The van der Waals surface area contributed by atoms with Gasteiger partial charge in [-0.1, -0.05) is 46.8 Å². The number of rotatable bonds is 20. The Bertz CT molecular complexity index is 1390. The summed E-state index contributed by atoms with van der Waals surface area (Å²) in [4.78, 5) is 25.6. The second-order valence-electron chi connectivity index (χ2n) is 15.1. The molecule has 0 aromatic carbocycles. The van der Waals surface area contributed by atoms with Gasteiger partial charge in [-0.3, -0.25) is 9.59 Å². The van der Waals surface area contributed by atoms with Crippen LogP contribution >= 0.6 is 0 Å². The number of carbonyl (C=O) groups is 2. The minimum atomic E-state index is -3.81. The number of nitrogens with one attached hydrogen (secondary N) is 1. The third kappa shape index (κ3) is 13.1. The lowest BCUT2D eigenvalue weighted by molar-refractivity contribution is -0.126. The van der Waals surface area contributed by atoms with Gasteiger partial charge in [0.2, 0.25) is 26.0 Å². The first kappa shape index (κ1) is 41.2. The molecule has 1 saturated heterocycles. The molecular formula is C32H60N6O7S2. The van der Waals surface area contributed by atoms with E-state index in [4.69, 9.17) is 4.74 Å². The molecule has 0 saturated carbocycles. The quantitative estimate of drug-likeness (QED) is 0.214. The van der Waals surface area contributed by atoms with E-state index in [0.717, 1.165) is 0 Å². The van der Waals surface area contributed by atoms with E-state index in [9.17, 15) is 26.4 Å². The highest BCUT2D eigenvalue weighted by Crippen LogP contribution is 2.24. The Morgan fingerprint density at radius 3 is 2.11 bits per heavy atom. The number of sulfonamides is 2. The number of aromatic nitrogens is 3. The van der Waals surface area contributed by atoms with Crippen LogP contribution in [0.3, 0.4) is 0 Å². The van der Waals surface area contributed by atoms with E-state index < -0.39 is 43.1 Å². The summed E-state index contributed by atoms with van der Waals surface area (Å²) in [5.41, 5.74) is -0.433. The van der Waals surface area contributed by atoms with Crippen LogP contribution in [0.1, 0.15) is 107 Å². The number of ketones is 1. The number of amides is 1. The molecule has 1 aliphatic heterocycles. The van der Waals surface area contributed by atoms with Crippen LogP contribution < -0.4 is 5.32 Å². The molecule has 13 nitrogen and oxygen atoms in total. The molecule has 1 aromatic heterocycles. The lowest BCUT2D eigenvalue weighted by Gasteiger charge is -2.39. The molecule has 0 bridgehead atoms. The fraction of sp³-hybridized carbons (Fsp3) is 0.875. The van der Waals surface area contributed by atoms with Crippen LogP contribution in [0.15, 0.2) is 6.20 Å². The van der Waals surface area contributed by atoms with Crippen LogP contribution in [0, 0.1) is 17.8 Å². The molecule has 1 amide bonds. The predicted octanol–water partition coefficient (Wildman–Crippen LogP) is 3.56. The third-order valence-corrected chi connectivity index (χ3v) is 12.5. The zero-order chi connectivity index (χ0) is 35.8. The molecule has 1 unspecified atom stereocenters. The Labute approximate surface area is 283 Å². The summed E-state index contributed by atoms with van der Waals surface area (Å²) in [5, 5.41) is 11.3. The summed E-state index contributed by atoms with van der Waals surface area (Å²) in [6.45, 7) is 19.6. The van der Waals surface area contributed by atoms with E-state index in [2.05, 4.69) is 15.6 Å². The predicted molar refractivity (Wildman–Crippen MR) is 183 cm³/mol. The Morgan fingerprint density at radius 1 is 0.936 bits per heavy atom. The summed E-state index contributed by atoms with van der Waals surface area (Å²) in [5.74, 6) is -0.191. The molecule has 1 N–H and O–H groups in total. The molecular weight excluding hydrogens is 645 g/mol. The van der Waals surface area contributed by atoms with E-state index in [0.29, 0.717) is 44.4 Å². The summed E-state index contributed by atoms with van der Waals surface area (Å²) in [7, 11) is -7.47. The first-order chi connectivity index (χ1) is 21.6. The highest BCUT2D eigenvalue weighted by Gasteiger charge is 2.42. The first-order valence-corrected chi connectivity index (χ1v) is 20.1. The molecule has 1 aliphatic rings. The van der Waals surface area contributed by atoms with Crippen LogP contribution in [-0.4, -0.2) is 102 Å². The van der Waals surface area contributed by atoms with E-state index >= 15 is 0 Å². The maximum atomic E-state index is 13.5. The monoisotopic (exact) mass is 704 g/mol. The van der Waals surface area contributed by atoms with Crippen LogP contribution in [0.4, 0.5) is 0 Å². The first-order valence-electron chi connectivity index (χ1n) is 16.9. The summed E-state index contributed by atoms with van der Waals surface area (Å²) in [6.07, 6.45) is 4.37. The number of hydrogen-bond donors (Lipinski definition) is 1. The van der Waals surface area contributed by atoms with Gasteiger partial charge in [-0.15, -0.1) is 5.10 Å². The number of nitrogens with zero attached hydrogens (tertiary/aromatic N) is 5. The van der Waals surface area contributed by atoms with Crippen molar-refractivity contribution < 1.29 is 31.2 Å². The summed E-state index contributed by atoms with van der Waals surface area (Å²) in [6, 6.07) is -1.20. The van der Waals surface area contributed by atoms with Crippen molar-refractivity contribution in [2.45, 2.75) is 125 Å². The lowest BCUT2D eigenvalue weighted by Crippen LogP contribution is -2.61. The van der Waals surface area contributed by atoms with Gasteiger partial charge in [-0.05, 0) is 65.2 Å². The largest absolute Gasteiger partial charge is 0.375 e. The smallest absolute Gasteiger partial charge is 0.240 e. The minimum absolute atomic E-state index is 0.00119. The Balaban J connectivity index is 2.09. The maximum Gasteiger partial charge on any atom is 0.240 e. The Morgan fingerprint density at radius 2 is 1.53 bits per heavy atom. The number of hydrogen-bond acceptors (Lipinski definition) is 9. The topological polar surface area (TPSA) is 161 Å². The van der Waals surface area contributed by atoms with Crippen molar-refractivity contribution in [2.75, 3.05) is 37.7 Å². The number of carbonyl (C=O) groups excluding carboxylic acids is 2. The third-order valence-electron chi connectivity index (χ3n) is 8.68. The van der Waals surface area contributed by atoms with Gasteiger partial charge in [0.1, 0.15) is 17.5 Å². The van der Waals surface area contributed by atoms with Gasteiger partial charge in [-0.2, -0.15) is 8.61 Å². The molecule has 272 valence electrons. The lowest BCUT2D eigenvalue weighted by atomic mass is 9.96. The zero-order valence-electron chi connectivity index (χ0n) is 30.3. The molecule has 2 rings (SSSR count). The van der Waals surface area contributed by atoms with Crippen molar-refractivity contribution in [3.8, 4) is 0 Å². The van der Waals surface area contributed by atoms with Crippen molar-refractivity contribution in [1.29, 1.82) is 0 Å². The Kier molecular flexibility index (Phi) is 15.0. The van der Waals surface area contributed by atoms with Gasteiger partial charge in [0.05, 0.1) is 35.4 Å². The van der Waals surface area contributed by atoms with E-state index in [1.54, 1.807) is 10.9 Å². The van der Waals surface area contributed by atoms with Gasteiger partial charge in [0.15, 0.2) is 0 Å². The van der Waals surface area contributed by atoms with Crippen LogP contribution in [0.2, 0.25) is 0 Å². The molecule has 1 aromatic rings. The molecule has 0 aliphatic carbocycles. The van der Waals surface area contributed by atoms with Crippen molar-refractivity contribution in [1.82, 2.24) is 28.9 Å². The fourth-order valence-electron chi connectivity index (χ4n) is 5.00. The summed E-state index contributed by atoms with van der Waals surface area (Å²) >= 11 is 0. The van der Waals surface area contributed by atoms with Crippen molar-refractivity contribution >= 4 is 31.7 Å². The average molecular weight is 705 g/mol. The normalized spacial score (nSPS) is 17.6. The molecule has 0 spiro atoms. The fourth-order valence-corrected chi connectivity index (χ4v) is 8.67. The van der Waals surface area contributed by atoms with Gasteiger partial charge >= 0.3 is 0 Å². The molecule has 15 heteroatoms. The highest BCUT2D eigenvalue weighted by atomic mass is 32.2. The second-order valence-corrected chi connectivity index (χ2v) is 19.3. The number of ether oxygens (including phenoxy) is 1. The van der Waals surface area contributed by atoms with Gasteiger partial charge < -0.3 is 10.1 Å². The van der Waals surface area contributed by atoms with E-state index in [1.165, 1.54) is 8.61 Å². The SMILES string of the molecule is CC(C)CCS(=O)(=O)N1CCN(S(=O)(=O)CCC(C)C)C(C(=O)NCc2cn(C(C)(C)CCOC(C)(C)CCC(=O)C(C)C)nn2)C1. The summed E-state index contributed by atoms with van der Waals surface area (Å²) < 4.78 is 63.1. The minimum Gasteiger partial charge on any atom is -0.375 e. The molecule has 1 atom stereocenters. The second kappa shape index (κ2) is 17.1. The zero-order valence-corrected chi connectivity index (χ0v) is 31.9. The Hall–Kier alpha value is -1.94. The molecule has 0 radical (unpaired) electrons. The van der Waals surface area contributed by atoms with E-state index in [-0.39, 0.29) is 61.2 Å². The van der Waals surface area contributed by atoms with Gasteiger partial charge in [-0.25, -0.2) is 21.5 Å². The van der Waals surface area contributed by atoms with Crippen molar-refractivity contribution in [2.24, 2.45) is 17.8 Å². The van der Waals surface area contributed by atoms with Crippen LogP contribution in [-0.2, 0) is 46.5 Å². The molecule has 2 heterocycles. The van der Waals surface area contributed by atoms with Crippen molar-refractivity contribution in [3.05, 3.63) is 11.9 Å². The van der Waals surface area contributed by atoms with Gasteiger partial charge in [0.25, 0.3) is 0 Å². The maximum absolute atomic E-state index is 13.5. The standard InChI is InChI=1S/C32H60N6O7S2/c1-24(2)12-19-46(41,42)36-16-17-37(47(43,44)20-13-25(3)4)28(23-36)30(40)33-21-27-22-38(35-34-27)31(7,8)15-18-45-32(9,10)14-11-29(39)26(5)6/h22,24-26,28H,11-21,23H2,1-10H3,(H,33,40). The van der Waals surface area contributed by atoms with Gasteiger partial charge in [0, 0.05) is 38.6 Å².